The number of rotatable bonds is 6. The highest BCUT2D eigenvalue weighted by molar-refractivity contribution is 5.96. The summed E-state index contributed by atoms with van der Waals surface area (Å²) in [7, 11) is 4.07. The second kappa shape index (κ2) is 7.27. The number of aromatic nitrogens is 1. The molecule has 1 aromatic heterocycles. The zero-order valence-corrected chi connectivity index (χ0v) is 14.2. The maximum absolute atomic E-state index is 11.2. The summed E-state index contributed by atoms with van der Waals surface area (Å²) in [5, 5.41) is 15.2. The molecule has 1 N–H and O–H groups in total. The minimum absolute atomic E-state index is 0.0702. The average molecular weight is 336 g/mol. The molecule has 0 saturated heterocycles. The third kappa shape index (κ3) is 3.59. The number of likely N-dealkylation sites (N-methyl/N-ethyl adjacent to an activating group) is 1. The van der Waals surface area contributed by atoms with E-state index in [0.29, 0.717) is 17.4 Å². The van der Waals surface area contributed by atoms with E-state index in [2.05, 4.69) is 27.3 Å². The van der Waals surface area contributed by atoms with Gasteiger partial charge in [-0.3, -0.25) is 15.1 Å². The lowest BCUT2D eigenvalue weighted by Crippen LogP contribution is -2.26. The first kappa shape index (κ1) is 16.9. The van der Waals surface area contributed by atoms with Crippen LogP contribution in [0.25, 0.3) is 10.9 Å². The quantitative estimate of drug-likeness (QED) is 0.547. The van der Waals surface area contributed by atoms with Gasteiger partial charge in [0.2, 0.25) is 0 Å². The lowest BCUT2D eigenvalue weighted by Gasteiger charge is -2.25. The summed E-state index contributed by atoms with van der Waals surface area (Å²) in [6.45, 7) is 0.667. The van der Waals surface area contributed by atoms with Crippen LogP contribution in [0, 0.1) is 10.1 Å². The Morgan fingerprint density at radius 1 is 1.12 bits per heavy atom. The third-order valence-corrected chi connectivity index (χ3v) is 4.24. The Labute approximate surface area is 146 Å². The maximum atomic E-state index is 11.2. The van der Waals surface area contributed by atoms with Gasteiger partial charge in [0.25, 0.3) is 5.69 Å². The second-order valence-electron chi connectivity index (χ2n) is 6.06. The molecule has 128 valence electrons. The molecule has 25 heavy (non-hydrogen) atoms. The number of non-ortho nitro benzene ring substituents is 1. The van der Waals surface area contributed by atoms with E-state index >= 15 is 0 Å². The van der Waals surface area contributed by atoms with Crippen LogP contribution >= 0.6 is 0 Å². The number of nitrogens with zero attached hydrogens (tertiary/aromatic N) is 3. The van der Waals surface area contributed by atoms with Crippen LogP contribution in [-0.2, 0) is 0 Å². The van der Waals surface area contributed by atoms with Crippen LogP contribution in [0.15, 0.2) is 60.8 Å². The Morgan fingerprint density at radius 3 is 2.56 bits per heavy atom. The SMILES string of the molecule is CN(C)C(CNc1ccc([N+](=O)[O-])c2cccnc12)c1ccccc1. The summed E-state index contributed by atoms with van der Waals surface area (Å²) in [5.74, 6) is 0. The number of pyridine rings is 1. The van der Waals surface area contributed by atoms with Crippen molar-refractivity contribution < 1.29 is 4.92 Å². The number of nitro groups is 1. The molecule has 0 aliphatic carbocycles. The Morgan fingerprint density at radius 2 is 1.88 bits per heavy atom. The number of nitro benzene ring substituents is 1. The molecule has 0 aliphatic rings. The summed E-state index contributed by atoms with van der Waals surface area (Å²) in [6, 6.07) is 17.1. The van der Waals surface area contributed by atoms with Crippen molar-refractivity contribution in [3.63, 3.8) is 0 Å². The first-order valence-corrected chi connectivity index (χ1v) is 8.05. The van der Waals surface area contributed by atoms with E-state index in [1.807, 2.05) is 32.3 Å². The van der Waals surface area contributed by atoms with Crippen LogP contribution < -0.4 is 5.32 Å². The molecule has 6 heteroatoms. The minimum Gasteiger partial charge on any atom is -0.381 e. The Hall–Kier alpha value is -2.99. The Bertz CT molecular complexity index is 881. The van der Waals surface area contributed by atoms with Crippen molar-refractivity contribution in [1.29, 1.82) is 0 Å². The highest BCUT2D eigenvalue weighted by Gasteiger charge is 2.17. The van der Waals surface area contributed by atoms with Crippen molar-refractivity contribution in [2.24, 2.45) is 0 Å². The average Bonchev–Trinajstić information content (AvgIpc) is 2.62. The van der Waals surface area contributed by atoms with Crippen molar-refractivity contribution in [3.05, 3.63) is 76.5 Å². The molecule has 0 spiro atoms. The fraction of sp³-hybridized carbons (Fsp3) is 0.211. The fourth-order valence-electron chi connectivity index (χ4n) is 2.94. The standard InChI is InChI=1S/C19H20N4O2/c1-22(2)18(14-7-4-3-5-8-14)13-21-16-10-11-17(23(24)25)15-9-6-12-20-19(15)16/h3-12,18,21H,13H2,1-2H3. The summed E-state index contributed by atoms with van der Waals surface area (Å²) in [4.78, 5) is 17.3. The molecule has 1 atom stereocenters. The number of nitrogens with one attached hydrogen (secondary N) is 1. The van der Waals surface area contributed by atoms with Gasteiger partial charge in [-0.05, 0) is 37.9 Å². The van der Waals surface area contributed by atoms with Crippen LogP contribution in [0.1, 0.15) is 11.6 Å². The smallest absolute Gasteiger partial charge is 0.278 e. The normalized spacial score (nSPS) is 12.3. The van der Waals surface area contributed by atoms with Gasteiger partial charge in [0.1, 0.15) is 5.52 Å². The molecule has 0 fully saturated rings. The maximum Gasteiger partial charge on any atom is 0.278 e. The number of benzene rings is 2. The van der Waals surface area contributed by atoms with Crippen molar-refractivity contribution in [2.75, 3.05) is 26.0 Å². The van der Waals surface area contributed by atoms with E-state index in [-0.39, 0.29) is 16.7 Å². The van der Waals surface area contributed by atoms with E-state index in [1.54, 1.807) is 24.4 Å². The molecule has 1 unspecified atom stereocenters. The van der Waals surface area contributed by atoms with Crippen LogP contribution in [0.5, 0.6) is 0 Å². The van der Waals surface area contributed by atoms with E-state index in [4.69, 9.17) is 0 Å². The molecule has 0 saturated carbocycles. The number of anilines is 1. The van der Waals surface area contributed by atoms with E-state index in [1.165, 1.54) is 11.6 Å². The van der Waals surface area contributed by atoms with Gasteiger partial charge in [0, 0.05) is 18.8 Å². The molecule has 0 bridgehead atoms. The zero-order chi connectivity index (χ0) is 17.8. The first-order chi connectivity index (χ1) is 12.1. The number of hydrogen-bond acceptors (Lipinski definition) is 5. The Kier molecular flexibility index (Phi) is 4.90. The van der Waals surface area contributed by atoms with Gasteiger partial charge in [0.05, 0.1) is 22.0 Å². The fourth-order valence-corrected chi connectivity index (χ4v) is 2.94. The van der Waals surface area contributed by atoms with Gasteiger partial charge in [-0.2, -0.15) is 0 Å². The Balaban J connectivity index is 1.90. The highest BCUT2D eigenvalue weighted by atomic mass is 16.6. The third-order valence-electron chi connectivity index (χ3n) is 4.24. The molecular weight excluding hydrogens is 316 g/mol. The zero-order valence-electron chi connectivity index (χ0n) is 14.2. The van der Waals surface area contributed by atoms with Crippen LogP contribution in [0.2, 0.25) is 0 Å². The van der Waals surface area contributed by atoms with Crippen molar-refractivity contribution in [3.8, 4) is 0 Å². The van der Waals surface area contributed by atoms with Crippen molar-refractivity contribution in [2.45, 2.75) is 6.04 Å². The first-order valence-electron chi connectivity index (χ1n) is 8.05. The summed E-state index contributed by atoms with van der Waals surface area (Å²) < 4.78 is 0. The lowest BCUT2D eigenvalue weighted by atomic mass is 10.1. The second-order valence-corrected chi connectivity index (χ2v) is 6.06. The van der Waals surface area contributed by atoms with Gasteiger partial charge in [-0.25, -0.2) is 0 Å². The van der Waals surface area contributed by atoms with Crippen LogP contribution in [0.3, 0.4) is 0 Å². The molecule has 0 amide bonds. The molecule has 3 aromatic rings. The predicted molar refractivity (Wildman–Crippen MR) is 99.8 cm³/mol. The molecule has 6 nitrogen and oxygen atoms in total. The number of fused-ring (bicyclic) bond motifs is 1. The van der Waals surface area contributed by atoms with Crippen LogP contribution in [-0.4, -0.2) is 35.4 Å². The highest BCUT2D eigenvalue weighted by Crippen LogP contribution is 2.30. The summed E-state index contributed by atoms with van der Waals surface area (Å²) in [5.41, 5.74) is 2.69. The van der Waals surface area contributed by atoms with E-state index < -0.39 is 0 Å². The van der Waals surface area contributed by atoms with Gasteiger partial charge >= 0.3 is 0 Å². The summed E-state index contributed by atoms with van der Waals surface area (Å²) in [6.07, 6.45) is 1.65. The monoisotopic (exact) mass is 336 g/mol. The van der Waals surface area contributed by atoms with Gasteiger partial charge in [-0.1, -0.05) is 30.3 Å². The lowest BCUT2D eigenvalue weighted by molar-refractivity contribution is -0.383. The molecule has 2 aromatic carbocycles. The van der Waals surface area contributed by atoms with E-state index in [0.717, 1.165) is 5.69 Å². The van der Waals surface area contributed by atoms with Gasteiger partial charge in [-0.15, -0.1) is 0 Å². The molecular formula is C19H20N4O2. The predicted octanol–water partition coefficient (Wildman–Crippen LogP) is 3.86. The molecule has 1 heterocycles. The van der Waals surface area contributed by atoms with Crippen molar-refractivity contribution >= 4 is 22.3 Å². The van der Waals surface area contributed by atoms with E-state index in [9.17, 15) is 10.1 Å². The molecule has 0 aliphatic heterocycles. The number of hydrogen-bond donors (Lipinski definition) is 1. The summed E-state index contributed by atoms with van der Waals surface area (Å²) >= 11 is 0. The van der Waals surface area contributed by atoms with Gasteiger partial charge < -0.3 is 10.2 Å². The van der Waals surface area contributed by atoms with Crippen LogP contribution in [0.4, 0.5) is 11.4 Å². The minimum atomic E-state index is -0.375. The van der Waals surface area contributed by atoms with Gasteiger partial charge in [0.15, 0.2) is 0 Å². The molecule has 3 rings (SSSR count). The molecule has 0 radical (unpaired) electrons. The topological polar surface area (TPSA) is 71.3 Å². The van der Waals surface area contributed by atoms with Crippen molar-refractivity contribution in [1.82, 2.24) is 9.88 Å². The largest absolute Gasteiger partial charge is 0.381 e.